The summed E-state index contributed by atoms with van der Waals surface area (Å²) in [6.07, 6.45) is 5.06. The van der Waals surface area contributed by atoms with E-state index in [-0.39, 0.29) is 5.57 Å². The summed E-state index contributed by atoms with van der Waals surface area (Å²) >= 11 is 0. The van der Waals surface area contributed by atoms with Crippen LogP contribution in [0.15, 0.2) is 48.4 Å². The molecule has 2 aromatic rings. The van der Waals surface area contributed by atoms with Crippen molar-refractivity contribution in [3.05, 3.63) is 54.0 Å². The minimum absolute atomic E-state index is 0.000903. The van der Waals surface area contributed by atoms with Crippen LogP contribution in [-0.4, -0.2) is 9.78 Å². The number of anilines is 1. The fraction of sp³-hybridized carbons (Fsp3) is 0.188. The van der Waals surface area contributed by atoms with Gasteiger partial charge in [-0.1, -0.05) is 12.1 Å². The Hall–Kier alpha value is -3.25. The fourth-order valence-corrected chi connectivity index (χ4v) is 1.77. The van der Waals surface area contributed by atoms with Crippen molar-refractivity contribution in [1.29, 1.82) is 10.5 Å². The largest absolute Gasteiger partial charge is 0.487 e. The fourth-order valence-electron chi connectivity index (χ4n) is 1.77. The summed E-state index contributed by atoms with van der Waals surface area (Å²) in [7, 11) is 0. The van der Waals surface area contributed by atoms with Crippen molar-refractivity contribution in [1.82, 2.24) is 9.78 Å². The Morgan fingerprint density at radius 2 is 2.14 bits per heavy atom. The minimum atomic E-state index is -0.000903. The highest BCUT2D eigenvalue weighted by atomic mass is 16.5. The molecule has 0 radical (unpaired) electrons. The van der Waals surface area contributed by atoms with E-state index in [4.69, 9.17) is 15.3 Å². The molecule has 6 nitrogen and oxygen atoms in total. The molecule has 1 aromatic carbocycles. The molecule has 0 fully saturated rings. The number of hydrogen-bond acceptors (Lipinski definition) is 5. The van der Waals surface area contributed by atoms with Gasteiger partial charge in [-0.3, -0.25) is 4.68 Å². The maximum absolute atomic E-state index is 8.73. The lowest BCUT2D eigenvalue weighted by Crippen LogP contribution is -1.99. The van der Waals surface area contributed by atoms with Gasteiger partial charge in [0.1, 0.15) is 30.1 Å². The van der Waals surface area contributed by atoms with Crippen LogP contribution in [0, 0.1) is 22.7 Å². The first kappa shape index (κ1) is 15.1. The molecule has 6 heteroatoms. The summed E-state index contributed by atoms with van der Waals surface area (Å²) in [5, 5.41) is 24.6. The third kappa shape index (κ3) is 3.87. The molecule has 0 atom stereocenters. The molecular formula is C16H15N5O. The lowest BCUT2D eigenvalue weighted by molar-refractivity contribution is 0.307. The van der Waals surface area contributed by atoms with Crippen LogP contribution >= 0.6 is 0 Å². The van der Waals surface area contributed by atoms with E-state index in [1.165, 1.54) is 6.20 Å². The van der Waals surface area contributed by atoms with Crippen LogP contribution in [0.25, 0.3) is 0 Å². The number of nitriles is 2. The average Bonchev–Trinajstić information content (AvgIpc) is 3.03. The van der Waals surface area contributed by atoms with Gasteiger partial charge in [-0.2, -0.15) is 15.6 Å². The number of para-hydroxylation sites is 2. The Kier molecular flexibility index (Phi) is 5.17. The molecule has 2 rings (SSSR count). The van der Waals surface area contributed by atoms with Crippen LogP contribution in [0.4, 0.5) is 5.69 Å². The van der Waals surface area contributed by atoms with E-state index in [0.717, 1.165) is 12.1 Å². The summed E-state index contributed by atoms with van der Waals surface area (Å²) in [6.45, 7) is 3.23. The van der Waals surface area contributed by atoms with Crippen LogP contribution in [0.5, 0.6) is 5.75 Å². The number of nitrogens with one attached hydrogen (secondary N) is 1. The summed E-state index contributed by atoms with van der Waals surface area (Å²) in [6, 6.07) is 10.9. The smallest absolute Gasteiger partial charge is 0.145 e. The van der Waals surface area contributed by atoms with E-state index >= 15 is 0 Å². The molecule has 1 heterocycles. The number of nitrogens with zero attached hydrogens (tertiary/aromatic N) is 4. The van der Waals surface area contributed by atoms with Crippen LogP contribution in [0.1, 0.15) is 12.5 Å². The monoisotopic (exact) mass is 293 g/mol. The third-order valence-electron chi connectivity index (χ3n) is 2.91. The standard InChI is InChI=1S/C16H15N5O/c1-2-21-11-14(10-20-21)12-22-16-6-4-3-5-15(16)19-9-13(7-17)8-18/h3-6,9-11,19H,2,12H2,1H3. The van der Waals surface area contributed by atoms with Crippen molar-refractivity contribution in [2.75, 3.05) is 5.32 Å². The Morgan fingerprint density at radius 3 is 2.82 bits per heavy atom. The second-order valence-corrected chi connectivity index (χ2v) is 4.42. The Bertz CT molecular complexity index is 732. The first-order valence-electron chi connectivity index (χ1n) is 6.77. The van der Waals surface area contributed by atoms with Gasteiger partial charge in [0.05, 0.1) is 11.9 Å². The van der Waals surface area contributed by atoms with Gasteiger partial charge in [-0.05, 0) is 19.1 Å². The predicted octanol–water partition coefficient (Wildman–Crippen LogP) is 2.82. The van der Waals surface area contributed by atoms with Gasteiger partial charge in [0.15, 0.2) is 0 Å². The maximum atomic E-state index is 8.73. The molecule has 0 aliphatic rings. The highest BCUT2D eigenvalue weighted by Gasteiger charge is 2.04. The number of aryl methyl sites for hydroxylation is 1. The van der Waals surface area contributed by atoms with E-state index in [2.05, 4.69) is 10.4 Å². The normalized spacial score (nSPS) is 9.41. The molecule has 0 aliphatic carbocycles. The van der Waals surface area contributed by atoms with Gasteiger partial charge < -0.3 is 10.1 Å². The predicted molar refractivity (Wildman–Crippen MR) is 81.6 cm³/mol. The average molecular weight is 293 g/mol. The Labute approximate surface area is 128 Å². The van der Waals surface area contributed by atoms with Crippen molar-refractivity contribution in [2.45, 2.75) is 20.1 Å². The second-order valence-electron chi connectivity index (χ2n) is 4.42. The van der Waals surface area contributed by atoms with Crippen LogP contribution in [0.3, 0.4) is 0 Å². The molecular weight excluding hydrogens is 278 g/mol. The van der Waals surface area contributed by atoms with E-state index in [9.17, 15) is 0 Å². The number of hydrogen-bond donors (Lipinski definition) is 1. The Morgan fingerprint density at radius 1 is 1.36 bits per heavy atom. The number of aromatic nitrogens is 2. The van der Waals surface area contributed by atoms with E-state index in [0.29, 0.717) is 18.0 Å². The zero-order valence-corrected chi connectivity index (χ0v) is 12.2. The molecule has 0 aliphatic heterocycles. The molecule has 0 spiro atoms. The SMILES string of the molecule is CCn1cc(COc2ccccc2NC=C(C#N)C#N)cn1. The number of allylic oxidation sites excluding steroid dienone is 1. The molecule has 0 bridgehead atoms. The molecule has 1 N–H and O–H groups in total. The molecule has 22 heavy (non-hydrogen) atoms. The van der Waals surface area contributed by atoms with Crippen molar-refractivity contribution in [2.24, 2.45) is 0 Å². The molecule has 1 aromatic heterocycles. The molecule has 0 amide bonds. The lowest BCUT2D eigenvalue weighted by atomic mass is 10.3. The van der Waals surface area contributed by atoms with Gasteiger partial charge in [0, 0.05) is 24.5 Å². The molecule has 0 unspecified atom stereocenters. The van der Waals surface area contributed by atoms with Gasteiger partial charge in [-0.15, -0.1) is 0 Å². The molecule has 110 valence electrons. The summed E-state index contributed by atoms with van der Waals surface area (Å²) < 4.78 is 7.60. The number of ether oxygens (including phenoxy) is 1. The third-order valence-corrected chi connectivity index (χ3v) is 2.91. The van der Waals surface area contributed by atoms with Gasteiger partial charge in [0.25, 0.3) is 0 Å². The van der Waals surface area contributed by atoms with Crippen molar-refractivity contribution >= 4 is 5.69 Å². The van der Waals surface area contributed by atoms with Crippen molar-refractivity contribution in [3.8, 4) is 17.9 Å². The van der Waals surface area contributed by atoms with Crippen LogP contribution in [0.2, 0.25) is 0 Å². The van der Waals surface area contributed by atoms with Gasteiger partial charge >= 0.3 is 0 Å². The van der Waals surface area contributed by atoms with Crippen LogP contribution in [-0.2, 0) is 13.2 Å². The van der Waals surface area contributed by atoms with Gasteiger partial charge in [-0.25, -0.2) is 0 Å². The second kappa shape index (κ2) is 7.51. The highest BCUT2D eigenvalue weighted by molar-refractivity contribution is 5.59. The topological polar surface area (TPSA) is 86.7 Å². The quantitative estimate of drug-likeness (QED) is 0.827. The number of benzene rings is 1. The first-order valence-corrected chi connectivity index (χ1v) is 6.77. The van der Waals surface area contributed by atoms with E-state index in [1.54, 1.807) is 18.3 Å². The molecule has 0 saturated heterocycles. The minimum Gasteiger partial charge on any atom is -0.487 e. The van der Waals surface area contributed by atoms with Gasteiger partial charge in [0.2, 0.25) is 0 Å². The Balaban J connectivity index is 2.07. The van der Waals surface area contributed by atoms with Crippen molar-refractivity contribution < 1.29 is 4.74 Å². The zero-order chi connectivity index (χ0) is 15.8. The van der Waals surface area contributed by atoms with E-state index in [1.807, 2.05) is 42.1 Å². The van der Waals surface area contributed by atoms with Crippen LogP contribution < -0.4 is 10.1 Å². The zero-order valence-electron chi connectivity index (χ0n) is 12.2. The summed E-state index contributed by atoms with van der Waals surface area (Å²) in [5.74, 6) is 0.637. The highest BCUT2D eigenvalue weighted by Crippen LogP contribution is 2.24. The molecule has 0 saturated carbocycles. The van der Waals surface area contributed by atoms with Crippen molar-refractivity contribution in [3.63, 3.8) is 0 Å². The van der Waals surface area contributed by atoms with E-state index < -0.39 is 0 Å². The summed E-state index contributed by atoms with van der Waals surface area (Å²) in [4.78, 5) is 0. The lowest BCUT2D eigenvalue weighted by Gasteiger charge is -2.10. The number of rotatable bonds is 6. The first-order chi connectivity index (χ1) is 10.8. The summed E-state index contributed by atoms with van der Waals surface area (Å²) in [5.41, 5.74) is 1.66. The maximum Gasteiger partial charge on any atom is 0.145 e.